The molecule has 1 aliphatic heterocycles. The van der Waals surface area contributed by atoms with E-state index in [4.69, 9.17) is 9.47 Å². The summed E-state index contributed by atoms with van der Waals surface area (Å²) in [6.45, 7) is 14.7. The Labute approximate surface area is 118 Å². The van der Waals surface area contributed by atoms with Crippen molar-refractivity contribution >= 4 is 0 Å². The number of rotatable bonds is 10. The molecule has 1 aliphatic rings. The lowest BCUT2D eigenvalue weighted by atomic mass is 10.1. The topological polar surface area (TPSA) is 33.7 Å². The van der Waals surface area contributed by atoms with E-state index in [0.717, 1.165) is 58.3 Å². The van der Waals surface area contributed by atoms with E-state index in [0.29, 0.717) is 6.10 Å². The Balaban J connectivity index is 1.83. The molecule has 0 radical (unpaired) electrons. The van der Waals surface area contributed by atoms with Crippen LogP contribution in [0.2, 0.25) is 0 Å². The molecule has 1 atom stereocenters. The third kappa shape index (κ3) is 9.38. The van der Waals surface area contributed by atoms with E-state index in [1.165, 1.54) is 13.0 Å². The van der Waals surface area contributed by atoms with Gasteiger partial charge in [0.15, 0.2) is 0 Å². The van der Waals surface area contributed by atoms with Gasteiger partial charge in [-0.2, -0.15) is 0 Å². The Kier molecular flexibility index (Phi) is 9.43. The standard InChI is InChI=1S/C15H32N2O2/c1-14(2)13-15(3)19-10-6-16-5-4-7-17-8-11-18-12-9-17/h14-16H,4-13H2,1-3H3. The van der Waals surface area contributed by atoms with Crippen molar-refractivity contribution < 1.29 is 9.47 Å². The van der Waals surface area contributed by atoms with E-state index in [9.17, 15) is 0 Å². The molecule has 19 heavy (non-hydrogen) atoms. The van der Waals surface area contributed by atoms with Crippen LogP contribution in [0.5, 0.6) is 0 Å². The van der Waals surface area contributed by atoms with Gasteiger partial charge in [-0.25, -0.2) is 0 Å². The van der Waals surface area contributed by atoms with Gasteiger partial charge < -0.3 is 14.8 Å². The third-order valence-electron chi connectivity index (χ3n) is 3.42. The fourth-order valence-electron chi connectivity index (χ4n) is 2.44. The van der Waals surface area contributed by atoms with Crippen LogP contribution in [-0.2, 0) is 9.47 Å². The molecule has 1 fully saturated rings. The molecule has 1 unspecified atom stereocenters. The van der Waals surface area contributed by atoms with Crippen molar-refractivity contribution in [3.8, 4) is 0 Å². The van der Waals surface area contributed by atoms with Crippen molar-refractivity contribution in [2.24, 2.45) is 5.92 Å². The number of nitrogens with zero attached hydrogens (tertiary/aromatic N) is 1. The molecular weight excluding hydrogens is 240 g/mol. The molecule has 1 heterocycles. The van der Waals surface area contributed by atoms with E-state index in [1.807, 2.05) is 0 Å². The first-order valence-corrected chi connectivity index (χ1v) is 7.81. The van der Waals surface area contributed by atoms with Gasteiger partial charge in [0.1, 0.15) is 0 Å². The molecule has 4 heteroatoms. The molecule has 0 aromatic heterocycles. The van der Waals surface area contributed by atoms with Crippen molar-refractivity contribution in [1.29, 1.82) is 0 Å². The van der Waals surface area contributed by atoms with E-state index >= 15 is 0 Å². The summed E-state index contributed by atoms with van der Waals surface area (Å²) in [4.78, 5) is 2.48. The highest BCUT2D eigenvalue weighted by Gasteiger charge is 2.09. The van der Waals surface area contributed by atoms with Crippen molar-refractivity contribution in [2.75, 3.05) is 52.5 Å². The van der Waals surface area contributed by atoms with Crippen LogP contribution in [0.1, 0.15) is 33.6 Å². The van der Waals surface area contributed by atoms with Gasteiger partial charge >= 0.3 is 0 Å². The van der Waals surface area contributed by atoms with Gasteiger partial charge in [0.25, 0.3) is 0 Å². The van der Waals surface area contributed by atoms with Crippen LogP contribution in [0, 0.1) is 5.92 Å². The van der Waals surface area contributed by atoms with Crippen LogP contribution in [0.3, 0.4) is 0 Å². The fourth-order valence-corrected chi connectivity index (χ4v) is 2.44. The first-order valence-electron chi connectivity index (χ1n) is 7.81. The molecule has 0 saturated carbocycles. The summed E-state index contributed by atoms with van der Waals surface area (Å²) in [5, 5.41) is 3.45. The van der Waals surface area contributed by atoms with Gasteiger partial charge in [-0.1, -0.05) is 13.8 Å². The molecule has 1 N–H and O–H groups in total. The van der Waals surface area contributed by atoms with Gasteiger partial charge in [-0.15, -0.1) is 0 Å². The summed E-state index contributed by atoms with van der Waals surface area (Å²) < 4.78 is 11.1. The number of nitrogens with one attached hydrogen (secondary N) is 1. The SMILES string of the molecule is CC(C)CC(C)OCCNCCCN1CCOCC1. The lowest BCUT2D eigenvalue weighted by molar-refractivity contribution is 0.0370. The van der Waals surface area contributed by atoms with E-state index < -0.39 is 0 Å². The van der Waals surface area contributed by atoms with Crippen LogP contribution in [-0.4, -0.2) is 63.5 Å². The lowest BCUT2D eigenvalue weighted by Crippen LogP contribution is -2.37. The lowest BCUT2D eigenvalue weighted by Gasteiger charge is -2.26. The van der Waals surface area contributed by atoms with Crippen LogP contribution >= 0.6 is 0 Å². The van der Waals surface area contributed by atoms with Gasteiger partial charge in [-0.3, -0.25) is 4.90 Å². The van der Waals surface area contributed by atoms with Crippen LogP contribution < -0.4 is 5.32 Å². The van der Waals surface area contributed by atoms with Crippen molar-refractivity contribution in [1.82, 2.24) is 10.2 Å². The summed E-state index contributed by atoms with van der Waals surface area (Å²) in [5.74, 6) is 0.719. The Hall–Kier alpha value is -0.160. The summed E-state index contributed by atoms with van der Waals surface area (Å²) in [6, 6.07) is 0. The summed E-state index contributed by atoms with van der Waals surface area (Å²) in [6.07, 6.45) is 2.74. The summed E-state index contributed by atoms with van der Waals surface area (Å²) >= 11 is 0. The predicted molar refractivity (Wildman–Crippen MR) is 79.6 cm³/mol. The maximum absolute atomic E-state index is 5.76. The van der Waals surface area contributed by atoms with E-state index in [2.05, 4.69) is 31.0 Å². The molecule has 1 saturated heterocycles. The fraction of sp³-hybridized carbons (Fsp3) is 1.00. The molecule has 0 spiro atoms. The highest BCUT2D eigenvalue weighted by Crippen LogP contribution is 2.06. The van der Waals surface area contributed by atoms with Gasteiger partial charge in [0.2, 0.25) is 0 Å². The van der Waals surface area contributed by atoms with Crippen LogP contribution in [0.15, 0.2) is 0 Å². The molecule has 4 nitrogen and oxygen atoms in total. The second-order valence-electron chi connectivity index (χ2n) is 5.87. The number of hydrogen-bond acceptors (Lipinski definition) is 4. The maximum Gasteiger partial charge on any atom is 0.0594 e. The minimum absolute atomic E-state index is 0.384. The minimum atomic E-state index is 0.384. The normalized spacial score (nSPS) is 18.9. The third-order valence-corrected chi connectivity index (χ3v) is 3.42. The Bertz CT molecular complexity index is 206. The van der Waals surface area contributed by atoms with Gasteiger partial charge in [0, 0.05) is 19.6 Å². The number of morpholine rings is 1. The molecule has 0 aromatic rings. The predicted octanol–water partition coefficient (Wildman–Crippen LogP) is 1.75. The molecule has 1 rings (SSSR count). The zero-order valence-electron chi connectivity index (χ0n) is 13.0. The van der Waals surface area contributed by atoms with Crippen LogP contribution in [0.4, 0.5) is 0 Å². The molecular formula is C15H32N2O2. The average Bonchev–Trinajstić information content (AvgIpc) is 2.38. The summed E-state index contributed by atoms with van der Waals surface area (Å²) in [7, 11) is 0. The van der Waals surface area contributed by atoms with Crippen molar-refractivity contribution in [3.05, 3.63) is 0 Å². The van der Waals surface area contributed by atoms with E-state index in [1.54, 1.807) is 0 Å². The quantitative estimate of drug-likeness (QED) is 0.614. The second-order valence-corrected chi connectivity index (χ2v) is 5.87. The molecule has 0 aliphatic carbocycles. The molecule has 0 aromatic carbocycles. The Morgan fingerprint density at radius 2 is 1.89 bits per heavy atom. The Morgan fingerprint density at radius 3 is 2.58 bits per heavy atom. The maximum atomic E-state index is 5.76. The first-order chi connectivity index (χ1) is 9.18. The van der Waals surface area contributed by atoms with Gasteiger partial charge in [-0.05, 0) is 38.8 Å². The van der Waals surface area contributed by atoms with E-state index in [-0.39, 0.29) is 0 Å². The molecule has 0 amide bonds. The Morgan fingerprint density at radius 1 is 1.16 bits per heavy atom. The monoisotopic (exact) mass is 272 g/mol. The zero-order chi connectivity index (χ0) is 13.9. The van der Waals surface area contributed by atoms with Crippen molar-refractivity contribution in [3.63, 3.8) is 0 Å². The summed E-state index contributed by atoms with van der Waals surface area (Å²) in [5.41, 5.74) is 0. The minimum Gasteiger partial charge on any atom is -0.379 e. The second kappa shape index (κ2) is 10.6. The number of hydrogen-bond donors (Lipinski definition) is 1. The average molecular weight is 272 g/mol. The smallest absolute Gasteiger partial charge is 0.0594 e. The molecule has 0 bridgehead atoms. The highest BCUT2D eigenvalue weighted by atomic mass is 16.5. The van der Waals surface area contributed by atoms with Gasteiger partial charge in [0.05, 0.1) is 25.9 Å². The molecule has 114 valence electrons. The van der Waals surface area contributed by atoms with Crippen LogP contribution in [0.25, 0.3) is 0 Å². The van der Waals surface area contributed by atoms with Crippen molar-refractivity contribution in [2.45, 2.75) is 39.7 Å². The highest BCUT2D eigenvalue weighted by molar-refractivity contribution is 4.62. The first kappa shape index (κ1) is 16.9. The zero-order valence-corrected chi connectivity index (χ0v) is 13.0. The number of ether oxygens (including phenoxy) is 2. The largest absolute Gasteiger partial charge is 0.379 e.